The highest BCUT2D eigenvalue weighted by atomic mass is 35.5. The van der Waals surface area contributed by atoms with Crippen LogP contribution in [0.15, 0.2) is 47.4 Å². The number of carbonyl (C=O) groups excluding carboxylic acids is 1. The minimum Gasteiger partial charge on any atom is -0.496 e. The van der Waals surface area contributed by atoms with Crippen LogP contribution in [0.1, 0.15) is 22.8 Å². The lowest BCUT2D eigenvalue weighted by molar-refractivity contribution is 0.0948. The van der Waals surface area contributed by atoms with E-state index in [1.165, 1.54) is 0 Å². The number of benzene rings is 2. The maximum absolute atomic E-state index is 12.3. The monoisotopic (exact) mass is 380 g/mol. The van der Waals surface area contributed by atoms with Crippen molar-refractivity contribution in [2.45, 2.75) is 18.7 Å². The Kier molecular flexibility index (Phi) is 8.66. The van der Waals surface area contributed by atoms with Gasteiger partial charge < -0.3 is 15.8 Å². The molecule has 0 saturated heterocycles. The van der Waals surface area contributed by atoms with Crippen LogP contribution in [0.2, 0.25) is 0 Å². The first-order valence-electron chi connectivity index (χ1n) is 7.91. The number of nitrogens with two attached hydrogens (primary N) is 1. The Morgan fingerprint density at radius 3 is 2.72 bits per heavy atom. The molecule has 0 aliphatic heterocycles. The number of carbonyl (C=O) groups is 1. The summed E-state index contributed by atoms with van der Waals surface area (Å²) < 4.78 is 5.36. The van der Waals surface area contributed by atoms with Crippen LogP contribution < -0.4 is 15.8 Å². The summed E-state index contributed by atoms with van der Waals surface area (Å²) >= 11 is 1.74. The molecular weight excluding hydrogens is 356 g/mol. The van der Waals surface area contributed by atoms with E-state index in [4.69, 9.17) is 10.5 Å². The van der Waals surface area contributed by atoms with Gasteiger partial charge in [-0.1, -0.05) is 25.1 Å². The molecule has 0 radical (unpaired) electrons. The molecule has 0 aliphatic rings. The number of aryl methyl sites for hydroxylation is 1. The van der Waals surface area contributed by atoms with Gasteiger partial charge in [0.15, 0.2) is 0 Å². The van der Waals surface area contributed by atoms with E-state index >= 15 is 0 Å². The Morgan fingerprint density at radius 1 is 1.28 bits per heavy atom. The van der Waals surface area contributed by atoms with Gasteiger partial charge >= 0.3 is 0 Å². The van der Waals surface area contributed by atoms with Gasteiger partial charge in [0.1, 0.15) is 5.75 Å². The Labute approximate surface area is 159 Å². The number of amides is 1. The first-order chi connectivity index (χ1) is 11.5. The molecule has 2 aromatic rings. The third-order valence-corrected chi connectivity index (χ3v) is 5.09. The first-order valence-corrected chi connectivity index (χ1v) is 8.90. The standard InChI is InChI=1S/C19H24N2O2S.ClH/c1-13(12-24-18-7-5-4-6-17(18)23-3)11-21-19(22)16-10-15(20)9-8-14(16)2;/h4-10,13H,11-12,20H2,1-3H3,(H,21,22);1H. The molecule has 6 heteroatoms. The summed E-state index contributed by atoms with van der Waals surface area (Å²) in [6, 6.07) is 13.4. The van der Waals surface area contributed by atoms with Crippen molar-refractivity contribution in [2.75, 3.05) is 25.1 Å². The predicted molar refractivity (Wildman–Crippen MR) is 108 cm³/mol. The summed E-state index contributed by atoms with van der Waals surface area (Å²) in [5.74, 6) is 2.05. The summed E-state index contributed by atoms with van der Waals surface area (Å²) in [6.07, 6.45) is 0. The number of ether oxygens (including phenoxy) is 1. The molecule has 0 heterocycles. The molecule has 3 N–H and O–H groups in total. The Hall–Kier alpha value is -1.85. The molecule has 2 rings (SSSR count). The number of rotatable bonds is 7. The largest absolute Gasteiger partial charge is 0.496 e. The molecule has 1 amide bonds. The highest BCUT2D eigenvalue weighted by molar-refractivity contribution is 7.99. The molecule has 1 atom stereocenters. The number of anilines is 1. The van der Waals surface area contributed by atoms with Crippen LogP contribution in [0.25, 0.3) is 0 Å². The van der Waals surface area contributed by atoms with Crippen molar-refractivity contribution >= 4 is 35.8 Å². The maximum atomic E-state index is 12.3. The van der Waals surface area contributed by atoms with Crippen LogP contribution in [0.5, 0.6) is 5.75 Å². The molecule has 0 fully saturated rings. The number of thioether (sulfide) groups is 1. The fraction of sp³-hybridized carbons (Fsp3) is 0.316. The topological polar surface area (TPSA) is 64.3 Å². The molecule has 2 aromatic carbocycles. The zero-order valence-corrected chi connectivity index (χ0v) is 16.4. The van der Waals surface area contributed by atoms with E-state index in [1.54, 1.807) is 31.0 Å². The number of nitrogen functional groups attached to an aromatic ring is 1. The number of hydrogen-bond acceptors (Lipinski definition) is 4. The zero-order valence-electron chi connectivity index (χ0n) is 14.7. The summed E-state index contributed by atoms with van der Waals surface area (Å²) in [7, 11) is 1.68. The summed E-state index contributed by atoms with van der Waals surface area (Å²) in [6.45, 7) is 4.65. The molecular formula is C19H25ClN2O2S. The molecule has 0 aliphatic carbocycles. The Bertz CT molecular complexity index is 710. The maximum Gasteiger partial charge on any atom is 0.251 e. The fourth-order valence-corrected chi connectivity index (χ4v) is 3.33. The number of hydrogen-bond donors (Lipinski definition) is 2. The molecule has 0 aromatic heterocycles. The summed E-state index contributed by atoms with van der Waals surface area (Å²) in [5.41, 5.74) is 7.93. The van der Waals surface area contributed by atoms with Gasteiger partial charge in [0.2, 0.25) is 0 Å². The Balaban J connectivity index is 0.00000312. The molecule has 4 nitrogen and oxygen atoms in total. The van der Waals surface area contributed by atoms with E-state index in [0.29, 0.717) is 23.7 Å². The van der Waals surface area contributed by atoms with Crippen LogP contribution in [-0.2, 0) is 0 Å². The lowest BCUT2D eigenvalue weighted by Gasteiger charge is -2.14. The third kappa shape index (κ3) is 6.18. The van der Waals surface area contributed by atoms with Gasteiger partial charge in [0.25, 0.3) is 5.91 Å². The van der Waals surface area contributed by atoms with Crippen LogP contribution in [0.4, 0.5) is 5.69 Å². The van der Waals surface area contributed by atoms with Crippen LogP contribution in [0.3, 0.4) is 0 Å². The number of methoxy groups -OCH3 is 1. The van der Waals surface area contributed by atoms with Crippen molar-refractivity contribution in [2.24, 2.45) is 5.92 Å². The quantitative estimate of drug-likeness (QED) is 0.559. The highest BCUT2D eigenvalue weighted by Gasteiger charge is 2.12. The lowest BCUT2D eigenvalue weighted by Crippen LogP contribution is -2.29. The lowest BCUT2D eigenvalue weighted by atomic mass is 10.1. The van der Waals surface area contributed by atoms with E-state index in [9.17, 15) is 4.79 Å². The average Bonchev–Trinajstić information content (AvgIpc) is 2.60. The summed E-state index contributed by atoms with van der Waals surface area (Å²) in [5, 5.41) is 2.99. The van der Waals surface area contributed by atoms with Gasteiger partial charge in [-0.05, 0) is 42.7 Å². The van der Waals surface area contributed by atoms with Crippen molar-refractivity contribution in [1.82, 2.24) is 5.32 Å². The average molecular weight is 381 g/mol. The van der Waals surface area contributed by atoms with E-state index in [1.807, 2.05) is 37.3 Å². The number of halogens is 1. The molecule has 1 unspecified atom stereocenters. The molecule has 0 saturated carbocycles. The van der Waals surface area contributed by atoms with Gasteiger partial charge in [0.05, 0.1) is 7.11 Å². The van der Waals surface area contributed by atoms with Crippen molar-refractivity contribution < 1.29 is 9.53 Å². The van der Waals surface area contributed by atoms with Crippen LogP contribution in [-0.4, -0.2) is 25.3 Å². The van der Waals surface area contributed by atoms with E-state index in [2.05, 4.69) is 12.2 Å². The van der Waals surface area contributed by atoms with Crippen LogP contribution >= 0.6 is 24.2 Å². The van der Waals surface area contributed by atoms with E-state index in [0.717, 1.165) is 22.0 Å². The van der Waals surface area contributed by atoms with Crippen LogP contribution in [0, 0.1) is 12.8 Å². The fourth-order valence-electron chi connectivity index (χ4n) is 2.28. The molecule has 136 valence electrons. The Morgan fingerprint density at radius 2 is 2.00 bits per heavy atom. The number of nitrogens with one attached hydrogen (secondary N) is 1. The second-order valence-electron chi connectivity index (χ2n) is 5.85. The smallest absolute Gasteiger partial charge is 0.251 e. The van der Waals surface area contributed by atoms with Gasteiger partial charge in [-0.15, -0.1) is 24.2 Å². The predicted octanol–water partition coefficient (Wildman–Crippen LogP) is 4.17. The normalized spacial score (nSPS) is 11.3. The minimum absolute atomic E-state index is 0. The van der Waals surface area contributed by atoms with Crippen molar-refractivity contribution in [1.29, 1.82) is 0 Å². The van der Waals surface area contributed by atoms with E-state index < -0.39 is 0 Å². The molecule has 25 heavy (non-hydrogen) atoms. The van der Waals surface area contributed by atoms with Gasteiger partial charge in [0, 0.05) is 28.4 Å². The van der Waals surface area contributed by atoms with Gasteiger partial charge in [-0.25, -0.2) is 0 Å². The van der Waals surface area contributed by atoms with Gasteiger partial charge in [-0.2, -0.15) is 0 Å². The van der Waals surface area contributed by atoms with Crippen molar-refractivity contribution in [3.63, 3.8) is 0 Å². The second-order valence-corrected chi connectivity index (χ2v) is 6.91. The third-order valence-electron chi connectivity index (χ3n) is 3.71. The zero-order chi connectivity index (χ0) is 17.5. The SMILES string of the molecule is COc1ccccc1SCC(C)CNC(=O)c1cc(N)ccc1C.Cl. The second kappa shape index (κ2) is 10.2. The molecule has 0 bridgehead atoms. The summed E-state index contributed by atoms with van der Waals surface area (Å²) in [4.78, 5) is 13.4. The van der Waals surface area contributed by atoms with Gasteiger partial charge in [-0.3, -0.25) is 4.79 Å². The minimum atomic E-state index is -0.0751. The highest BCUT2D eigenvalue weighted by Crippen LogP contribution is 2.29. The van der Waals surface area contributed by atoms with E-state index in [-0.39, 0.29) is 18.3 Å². The molecule has 0 spiro atoms. The van der Waals surface area contributed by atoms with Crippen molar-refractivity contribution in [3.8, 4) is 5.75 Å². The number of para-hydroxylation sites is 1. The van der Waals surface area contributed by atoms with Crippen molar-refractivity contribution in [3.05, 3.63) is 53.6 Å². The first kappa shape index (κ1) is 21.2.